The minimum Gasteiger partial charge on any atom is -0.356 e. The van der Waals surface area contributed by atoms with E-state index in [0.29, 0.717) is 11.8 Å². The van der Waals surface area contributed by atoms with E-state index in [0.717, 1.165) is 38.8 Å². The zero-order chi connectivity index (χ0) is 12.6. The fourth-order valence-electron chi connectivity index (χ4n) is 2.49. The van der Waals surface area contributed by atoms with E-state index in [1.165, 1.54) is 25.7 Å². The molecule has 1 amide bonds. The Hall–Kier alpha value is -0.570. The highest BCUT2D eigenvalue weighted by molar-refractivity contribution is 5.75. The van der Waals surface area contributed by atoms with Gasteiger partial charge >= 0.3 is 0 Å². The zero-order valence-electron chi connectivity index (χ0n) is 11.3. The summed E-state index contributed by atoms with van der Waals surface area (Å²) in [5.41, 5.74) is 5.86. The molecule has 100 valence electrons. The molecule has 3 N–H and O–H groups in total. The Balaban J connectivity index is 2.01. The van der Waals surface area contributed by atoms with Crippen molar-refractivity contribution in [2.45, 2.75) is 64.7 Å². The Bertz CT molecular complexity index is 219. The average molecular weight is 240 g/mol. The second kappa shape index (κ2) is 7.70. The van der Waals surface area contributed by atoms with Gasteiger partial charge in [0.05, 0.1) is 0 Å². The number of rotatable bonds is 9. The molecule has 0 saturated heterocycles. The number of amides is 1. The molecular formula is C14H28N2O. The van der Waals surface area contributed by atoms with Crippen molar-refractivity contribution in [3.05, 3.63) is 0 Å². The lowest BCUT2D eigenvalue weighted by Crippen LogP contribution is -2.41. The molecule has 0 radical (unpaired) electrons. The summed E-state index contributed by atoms with van der Waals surface area (Å²) < 4.78 is 0. The van der Waals surface area contributed by atoms with Crippen LogP contribution in [-0.2, 0) is 4.79 Å². The standard InChI is InChI=1S/C14H28N2O/c1-2-14(9-7-10-14)12-16-13(17)8-5-3-4-6-11-15/h2-12,15H2,1H3,(H,16,17). The normalized spacial score (nSPS) is 17.5. The molecule has 3 nitrogen and oxygen atoms in total. The predicted octanol–water partition coefficient (Wildman–Crippen LogP) is 2.59. The van der Waals surface area contributed by atoms with Crippen LogP contribution in [0.1, 0.15) is 64.7 Å². The first kappa shape index (κ1) is 14.5. The van der Waals surface area contributed by atoms with Gasteiger partial charge in [0.1, 0.15) is 0 Å². The number of carbonyl (C=O) groups is 1. The van der Waals surface area contributed by atoms with Crippen LogP contribution >= 0.6 is 0 Å². The third-order valence-electron chi connectivity index (χ3n) is 4.18. The summed E-state index contributed by atoms with van der Waals surface area (Å²) in [6.45, 7) is 3.90. The lowest BCUT2D eigenvalue weighted by Gasteiger charge is -2.41. The van der Waals surface area contributed by atoms with Crippen LogP contribution in [-0.4, -0.2) is 19.0 Å². The molecule has 0 aromatic rings. The van der Waals surface area contributed by atoms with Gasteiger partial charge in [-0.25, -0.2) is 0 Å². The van der Waals surface area contributed by atoms with E-state index in [1.54, 1.807) is 0 Å². The topological polar surface area (TPSA) is 55.1 Å². The number of unbranched alkanes of at least 4 members (excludes halogenated alkanes) is 3. The van der Waals surface area contributed by atoms with Gasteiger partial charge in [0.25, 0.3) is 0 Å². The highest BCUT2D eigenvalue weighted by Crippen LogP contribution is 2.42. The van der Waals surface area contributed by atoms with E-state index in [9.17, 15) is 4.79 Å². The summed E-state index contributed by atoms with van der Waals surface area (Å²) >= 11 is 0. The second-order valence-electron chi connectivity index (χ2n) is 5.44. The quantitative estimate of drug-likeness (QED) is 0.609. The maximum Gasteiger partial charge on any atom is 0.220 e. The monoisotopic (exact) mass is 240 g/mol. The fourth-order valence-corrected chi connectivity index (χ4v) is 2.49. The number of hydrogen-bond donors (Lipinski definition) is 2. The van der Waals surface area contributed by atoms with Crippen LogP contribution in [0, 0.1) is 5.41 Å². The summed E-state index contributed by atoms with van der Waals surface area (Å²) in [6, 6.07) is 0. The lowest BCUT2D eigenvalue weighted by atomic mass is 9.67. The Kier molecular flexibility index (Phi) is 6.56. The SMILES string of the molecule is CCC1(CNC(=O)CCCCCCN)CCC1. The highest BCUT2D eigenvalue weighted by atomic mass is 16.1. The Morgan fingerprint density at radius 2 is 1.94 bits per heavy atom. The lowest BCUT2D eigenvalue weighted by molar-refractivity contribution is -0.122. The summed E-state index contributed by atoms with van der Waals surface area (Å²) in [4.78, 5) is 11.6. The van der Waals surface area contributed by atoms with Gasteiger partial charge in [0.2, 0.25) is 5.91 Å². The van der Waals surface area contributed by atoms with E-state index in [-0.39, 0.29) is 5.91 Å². The molecule has 0 aromatic carbocycles. The van der Waals surface area contributed by atoms with Crippen LogP contribution in [0.15, 0.2) is 0 Å². The van der Waals surface area contributed by atoms with Crippen LogP contribution in [0.25, 0.3) is 0 Å². The van der Waals surface area contributed by atoms with Crippen molar-refractivity contribution in [2.75, 3.05) is 13.1 Å². The van der Waals surface area contributed by atoms with E-state index < -0.39 is 0 Å². The van der Waals surface area contributed by atoms with Crippen molar-refractivity contribution in [1.29, 1.82) is 0 Å². The van der Waals surface area contributed by atoms with Crippen molar-refractivity contribution >= 4 is 5.91 Å². The molecule has 1 fully saturated rings. The third-order valence-corrected chi connectivity index (χ3v) is 4.18. The van der Waals surface area contributed by atoms with Gasteiger partial charge in [-0.05, 0) is 44.1 Å². The van der Waals surface area contributed by atoms with Gasteiger partial charge < -0.3 is 11.1 Å². The summed E-state index contributed by atoms with van der Waals surface area (Å²) in [6.07, 6.45) is 10.2. The smallest absolute Gasteiger partial charge is 0.220 e. The second-order valence-corrected chi connectivity index (χ2v) is 5.44. The predicted molar refractivity (Wildman–Crippen MR) is 71.7 cm³/mol. The van der Waals surface area contributed by atoms with Crippen molar-refractivity contribution in [1.82, 2.24) is 5.32 Å². The molecule has 3 heteroatoms. The van der Waals surface area contributed by atoms with Crippen LogP contribution < -0.4 is 11.1 Å². The van der Waals surface area contributed by atoms with Crippen molar-refractivity contribution in [3.8, 4) is 0 Å². The first-order valence-corrected chi connectivity index (χ1v) is 7.19. The summed E-state index contributed by atoms with van der Waals surface area (Å²) in [5.74, 6) is 0.234. The molecular weight excluding hydrogens is 212 g/mol. The molecule has 0 spiro atoms. The van der Waals surface area contributed by atoms with Crippen molar-refractivity contribution in [3.63, 3.8) is 0 Å². The average Bonchev–Trinajstić information content (AvgIpc) is 2.28. The molecule has 0 atom stereocenters. The molecule has 0 bridgehead atoms. The number of nitrogens with one attached hydrogen (secondary N) is 1. The Labute approximate surface area is 106 Å². The van der Waals surface area contributed by atoms with Gasteiger partial charge in [-0.15, -0.1) is 0 Å². The van der Waals surface area contributed by atoms with Crippen LogP contribution in [0.2, 0.25) is 0 Å². The van der Waals surface area contributed by atoms with Crippen molar-refractivity contribution in [2.24, 2.45) is 11.1 Å². The van der Waals surface area contributed by atoms with Crippen LogP contribution in [0.4, 0.5) is 0 Å². The highest BCUT2D eigenvalue weighted by Gasteiger charge is 2.34. The maximum absolute atomic E-state index is 11.6. The van der Waals surface area contributed by atoms with E-state index in [1.807, 2.05) is 0 Å². The zero-order valence-corrected chi connectivity index (χ0v) is 11.3. The number of hydrogen-bond acceptors (Lipinski definition) is 2. The molecule has 1 saturated carbocycles. The molecule has 1 aliphatic rings. The minimum absolute atomic E-state index is 0.234. The molecule has 0 heterocycles. The molecule has 0 unspecified atom stereocenters. The van der Waals surface area contributed by atoms with Gasteiger partial charge in [0, 0.05) is 13.0 Å². The largest absolute Gasteiger partial charge is 0.356 e. The summed E-state index contributed by atoms with van der Waals surface area (Å²) in [7, 11) is 0. The van der Waals surface area contributed by atoms with E-state index in [4.69, 9.17) is 5.73 Å². The van der Waals surface area contributed by atoms with Crippen LogP contribution in [0.5, 0.6) is 0 Å². The molecule has 0 aliphatic heterocycles. The molecule has 1 rings (SSSR count). The number of carbonyl (C=O) groups excluding carboxylic acids is 1. The number of nitrogens with two attached hydrogens (primary N) is 1. The van der Waals surface area contributed by atoms with E-state index in [2.05, 4.69) is 12.2 Å². The van der Waals surface area contributed by atoms with Gasteiger partial charge in [0.15, 0.2) is 0 Å². The first-order valence-electron chi connectivity index (χ1n) is 7.19. The third kappa shape index (κ3) is 5.07. The maximum atomic E-state index is 11.6. The molecule has 0 aromatic heterocycles. The fraction of sp³-hybridized carbons (Fsp3) is 0.929. The van der Waals surface area contributed by atoms with Crippen LogP contribution in [0.3, 0.4) is 0 Å². The molecule has 1 aliphatic carbocycles. The first-order chi connectivity index (χ1) is 8.22. The van der Waals surface area contributed by atoms with Gasteiger partial charge in [-0.1, -0.05) is 26.2 Å². The summed E-state index contributed by atoms with van der Waals surface area (Å²) in [5, 5.41) is 3.10. The van der Waals surface area contributed by atoms with Crippen molar-refractivity contribution < 1.29 is 4.79 Å². The van der Waals surface area contributed by atoms with Gasteiger partial charge in [-0.2, -0.15) is 0 Å². The minimum atomic E-state index is 0.234. The molecule has 17 heavy (non-hydrogen) atoms. The Morgan fingerprint density at radius 3 is 2.47 bits per heavy atom. The Morgan fingerprint density at radius 1 is 1.24 bits per heavy atom. The van der Waals surface area contributed by atoms with Gasteiger partial charge in [-0.3, -0.25) is 4.79 Å². The van der Waals surface area contributed by atoms with E-state index >= 15 is 0 Å².